The molecule has 0 saturated heterocycles. The topological polar surface area (TPSA) is 52.1 Å². The van der Waals surface area contributed by atoms with E-state index < -0.39 is 0 Å². The van der Waals surface area contributed by atoms with Crippen LogP contribution < -0.4 is 0 Å². The Balaban J connectivity index is 2.25. The SMILES string of the molecule is Cc1ccc2oc(-c3c(C)noc3C)nc2c1. The van der Waals surface area contributed by atoms with Crippen molar-refractivity contribution in [1.82, 2.24) is 10.1 Å². The maximum absolute atomic E-state index is 5.72. The summed E-state index contributed by atoms with van der Waals surface area (Å²) in [5.41, 5.74) is 4.45. The van der Waals surface area contributed by atoms with Gasteiger partial charge in [0.15, 0.2) is 5.58 Å². The predicted octanol–water partition coefficient (Wildman–Crippen LogP) is 3.41. The van der Waals surface area contributed by atoms with E-state index in [1.54, 1.807) is 0 Å². The molecule has 2 heterocycles. The molecule has 0 saturated carbocycles. The highest BCUT2D eigenvalue weighted by Gasteiger charge is 2.17. The Kier molecular flexibility index (Phi) is 2.04. The Hall–Kier alpha value is -2.10. The molecule has 0 fully saturated rings. The molecule has 0 amide bonds. The lowest BCUT2D eigenvalue weighted by molar-refractivity contribution is 0.393. The van der Waals surface area contributed by atoms with Crippen molar-refractivity contribution < 1.29 is 8.94 Å². The van der Waals surface area contributed by atoms with Gasteiger partial charge in [-0.1, -0.05) is 11.2 Å². The van der Waals surface area contributed by atoms with E-state index in [4.69, 9.17) is 8.94 Å². The van der Waals surface area contributed by atoms with Gasteiger partial charge >= 0.3 is 0 Å². The van der Waals surface area contributed by atoms with Gasteiger partial charge in [0.05, 0.1) is 5.69 Å². The van der Waals surface area contributed by atoms with Crippen molar-refractivity contribution in [2.45, 2.75) is 20.8 Å². The summed E-state index contributed by atoms with van der Waals surface area (Å²) in [7, 11) is 0. The molecule has 0 atom stereocenters. The zero-order valence-electron chi connectivity index (χ0n) is 9.94. The van der Waals surface area contributed by atoms with E-state index in [1.165, 1.54) is 0 Å². The molecule has 3 aromatic rings. The second-order valence-electron chi connectivity index (χ2n) is 4.19. The molecule has 4 heteroatoms. The van der Waals surface area contributed by atoms with Gasteiger partial charge in [-0.05, 0) is 38.5 Å². The van der Waals surface area contributed by atoms with Crippen LogP contribution >= 0.6 is 0 Å². The number of nitrogens with zero attached hydrogens (tertiary/aromatic N) is 2. The Morgan fingerprint density at radius 1 is 1.12 bits per heavy atom. The van der Waals surface area contributed by atoms with Crippen molar-refractivity contribution in [2.24, 2.45) is 0 Å². The molecule has 0 aliphatic heterocycles. The van der Waals surface area contributed by atoms with Crippen LogP contribution in [0.2, 0.25) is 0 Å². The van der Waals surface area contributed by atoms with Gasteiger partial charge in [-0.2, -0.15) is 0 Å². The van der Waals surface area contributed by atoms with Crippen molar-refractivity contribution in [3.8, 4) is 11.5 Å². The summed E-state index contributed by atoms with van der Waals surface area (Å²) < 4.78 is 10.8. The Bertz CT molecular complexity index is 675. The summed E-state index contributed by atoms with van der Waals surface area (Å²) in [6.45, 7) is 5.77. The van der Waals surface area contributed by atoms with Gasteiger partial charge in [-0.15, -0.1) is 0 Å². The first kappa shape index (κ1) is 10.1. The molecule has 0 spiro atoms. The van der Waals surface area contributed by atoms with E-state index >= 15 is 0 Å². The summed E-state index contributed by atoms with van der Waals surface area (Å²) in [6.07, 6.45) is 0. The first-order chi connectivity index (χ1) is 8.15. The third-order valence-corrected chi connectivity index (χ3v) is 2.79. The highest BCUT2D eigenvalue weighted by molar-refractivity contribution is 5.77. The summed E-state index contributed by atoms with van der Waals surface area (Å²) in [6, 6.07) is 5.94. The average Bonchev–Trinajstić information content (AvgIpc) is 2.81. The number of fused-ring (bicyclic) bond motifs is 1. The minimum Gasteiger partial charge on any atom is -0.436 e. The average molecular weight is 228 g/mol. The Morgan fingerprint density at radius 3 is 2.65 bits per heavy atom. The van der Waals surface area contributed by atoms with Crippen molar-refractivity contribution in [2.75, 3.05) is 0 Å². The van der Waals surface area contributed by atoms with E-state index in [0.29, 0.717) is 5.89 Å². The molecular formula is C13H12N2O2. The van der Waals surface area contributed by atoms with Crippen LogP contribution in [0.25, 0.3) is 22.6 Å². The predicted molar refractivity (Wildman–Crippen MR) is 63.7 cm³/mol. The smallest absolute Gasteiger partial charge is 0.232 e. The Labute approximate surface area is 98.2 Å². The largest absolute Gasteiger partial charge is 0.436 e. The van der Waals surface area contributed by atoms with Crippen molar-refractivity contribution in [3.05, 3.63) is 35.2 Å². The van der Waals surface area contributed by atoms with Crippen molar-refractivity contribution >= 4 is 11.1 Å². The first-order valence-electron chi connectivity index (χ1n) is 5.45. The molecule has 0 aliphatic carbocycles. The monoisotopic (exact) mass is 228 g/mol. The zero-order chi connectivity index (χ0) is 12.0. The molecule has 4 nitrogen and oxygen atoms in total. The van der Waals surface area contributed by atoms with Crippen LogP contribution in [0.15, 0.2) is 27.1 Å². The number of hydrogen-bond acceptors (Lipinski definition) is 4. The molecule has 0 aliphatic rings. The lowest BCUT2D eigenvalue weighted by atomic mass is 10.2. The minimum absolute atomic E-state index is 0.571. The number of benzene rings is 1. The summed E-state index contributed by atoms with van der Waals surface area (Å²) in [4.78, 5) is 4.47. The summed E-state index contributed by atoms with van der Waals surface area (Å²) >= 11 is 0. The fourth-order valence-corrected chi connectivity index (χ4v) is 1.93. The van der Waals surface area contributed by atoms with Crippen LogP contribution in [0.5, 0.6) is 0 Å². The van der Waals surface area contributed by atoms with Crippen LogP contribution in [0, 0.1) is 20.8 Å². The molecule has 1 aromatic carbocycles. The molecule has 86 valence electrons. The lowest BCUT2D eigenvalue weighted by Gasteiger charge is -1.90. The van der Waals surface area contributed by atoms with Gasteiger partial charge in [0.2, 0.25) is 5.89 Å². The molecule has 3 rings (SSSR count). The molecule has 0 unspecified atom stereocenters. The Morgan fingerprint density at radius 2 is 1.94 bits per heavy atom. The number of aryl methyl sites for hydroxylation is 3. The highest BCUT2D eigenvalue weighted by Crippen LogP contribution is 2.29. The van der Waals surface area contributed by atoms with Gasteiger partial charge < -0.3 is 8.94 Å². The van der Waals surface area contributed by atoms with Gasteiger partial charge in [0.25, 0.3) is 0 Å². The first-order valence-corrected chi connectivity index (χ1v) is 5.45. The number of oxazole rings is 1. The van der Waals surface area contributed by atoms with E-state index in [0.717, 1.165) is 33.7 Å². The van der Waals surface area contributed by atoms with E-state index in [1.807, 2.05) is 39.0 Å². The fraction of sp³-hybridized carbons (Fsp3) is 0.231. The lowest BCUT2D eigenvalue weighted by Crippen LogP contribution is -1.80. The number of hydrogen-bond donors (Lipinski definition) is 0. The quantitative estimate of drug-likeness (QED) is 0.640. The number of aromatic nitrogens is 2. The van der Waals surface area contributed by atoms with Crippen LogP contribution in [0.1, 0.15) is 17.0 Å². The van der Waals surface area contributed by atoms with E-state index in [-0.39, 0.29) is 0 Å². The fourth-order valence-electron chi connectivity index (χ4n) is 1.93. The van der Waals surface area contributed by atoms with Crippen LogP contribution in [-0.4, -0.2) is 10.1 Å². The maximum atomic E-state index is 5.72. The zero-order valence-corrected chi connectivity index (χ0v) is 9.94. The normalized spacial score (nSPS) is 11.2. The second kappa shape index (κ2) is 3.45. The van der Waals surface area contributed by atoms with Crippen LogP contribution in [-0.2, 0) is 0 Å². The standard InChI is InChI=1S/C13H12N2O2/c1-7-4-5-11-10(6-7)14-13(16-11)12-8(2)15-17-9(12)3/h4-6H,1-3H3. The molecule has 0 radical (unpaired) electrons. The van der Waals surface area contributed by atoms with Gasteiger partial charge in [-0.3, -0.25) is 0 Å². The molecule has 17 heavy (non-hydrogen) atoms. The van der Waals surface area contributed by atoms with E-state index in [2.05, 4.69) is 10.1 Å². The van der Waals surface area contributed by atoms with Gasteiger partial charge in [0.1, 0.15) is 16.8 Å². The molecule has 0 N–H and O–H groups in total. The molecule has 0 bridgehead atoms. The van der Waals surface area contributed by atoms with Crippen LogP contribution in [0.4, 0.5) is 0 Å². The maximum Gasteiger partial charge on any atom is 0.232 e. The highest BCUT2D eigenvalue weighted by atomic mass is 16.5. The van der Waals surface area contributed by atoms with Crippen molar-refractivity contribution in [3.63, 3.8) is 0 Å². The third kappa shape index (κ3) is 1.53. The minimum atomic E-state index is 0.571. The van der Waals surface area contributed by atoms with E-state index in [9.17, 15) is 0 Å². The van der Waals surface area contributed by atoms with Gasteiger partial charge in [-0.25, -0.2) is 4.98 Å². The second-order valence-corrected chi connectivity index (χ2v) is 4.19. The van der Waals surface area contributed by atoms with Crippen molar-refractivity contribution in [1.29, 1.82) is 0 Å². The van der Waals surface area contributed by atoms with Gasteiger partial charge in [0, 0.05) is 0 Å². The summed E-state index contributed by atoms with van der Waals surface area (Å²) in [5, 5.41) is 3.91. The molecule has 2 aromatic heterocycles. The third-order valence-electron chi connectivity index (χ3n) is 2.79. The molecular weight excluding hydrogens is 216 g/mol. The summed E-state index contributed by atoms with van der Waals surface area (Å²) in [5.74, 6) is 1.30. The van der Waals surface area contributed by atoms with Crippen LogP contribution in [0.3, 0.4) is 0 Å². The number of rotatable bonds is 1.